The zero-order valence-corrected chi connectivity index (χ0v) is 12.8. The lowest BCUT2D eigenvalue weighted by Crippen LogP contribution is -2.26. The van der Waals surface area contributed by atoms with Crippen molar-refractivity contribution in [3.8, 4) is 11.1 Å². The predicted octanol–water partition coefficient (Wildman–Crippen LogP) is 4.97. The molecule has 1 fully saturated rings. The third-order valence-corrected chi connectivity index (χ3v) is 4.82. The van der Waals surface area contributed by atoms with Crippen LogP contribution in [0.25, 0.3) is 21.9 Å². The van der Waals surface area contributed by atoms with Gasteiger partial charge in [0.25, 0.3) is 0 Å². The normalized spacial score (nSPS) is 16.0. The van der Waals surface area contributed by atoms with Gasteiger partial charge in [-0.1, -0.05) is 66.7 Å². The van der Waals surface area contributed by atoms with Crippen LogP contribution in [-0.4, -0.2) is 13.1 Å². The highest BCUT2D eigenvalue weighted by molar-refractivity contribution is 5.97. The Morgan fingerprint density at radius 3 is 2.27 bits per heavy atom. The van der Waals surface area contributed by atoms with Crippen molar-refractivity contribution in [3.05, 3.63) is 72.3 Å². The Balaban J connectivity index is 1.88. The van der Waals surface area contributed by atoms with E-state index in [2.05, 4.69) is 72.0 Å². The van der Waals surface area contributed by atoms with Crippen molar-refractivity contribution < 1.29 is 0 Å². The highest BCUT2D eigenvalue weighted by Gasteiger charge is 2.19. The molecule has 0 amide bonds. The molecule has 0 bridgehead atoms. The van der Waals surface area contributed by atoms with Crippen LogP contribution in [0.2, 0.25) is 0 Å². The number of benzene rings is 3. The van der Waals surface area contributed by atoms with E-state index >= 15 is 0 Å². The Hall–Kier alpha value is -2.12. The van der Waals surface area contributed by atoms with Gasteiger partial charge in [-0.2, -0.15) is 0 Å². The largest absolute Gasteiger partial charge is 0.317 e. The molecule has 0 aromatic heterocycles. The minimum atomic E-state index is 0.677. The summed E-state index contributed by atoms with van der Waals surface area (Å²) in [6.45, 7) is 2.27. The summed E-state index contributed by atoms with van der Waals surface area (Å²) >= 11 is 0. The topological polar surface area (TPSA) is 12.0 Å². The zero-order chi connectivity index (χ0) is 14.8. The van der Waals surface area contributed by atoms with Gasteiger partial charge in [0.2, 0.25) is 0 Å². The number of hydrogen-bond donors (Lipinski definition) is 1. The first-order valence-corrected chi connectivity index (χ1v) is 8.21. The van der Waals surface area contributed by atoms with Gasteiger partial charge in [0, 0.05) is 0 Å². The lowest BCUT2D eigenvalue weighted by Gasteiger charge is -2.25. The molecule has 22 heavy (non-hydrogen) atoms. The van der Waals surface area contributed by atoms with Gasteiger partial charge in [-0.15, -0.1) is 0 Å². The molecule has 0 unspecified atom stereocenters. The van der Waals surface area contributed by atoms with E-state index in [1.165, 1.54) is 40.3 Å². The van der Waals surface area contributed by atoms with Gasteiger partial charge in [-0.25, -0.2) is 0 Å². The first kappa shape index (κ1) is 13.5. The molecule has 3 aromatic rings. The monoisotopic (exact) mass is 287 g/mol. The fourth-order valence-corrected chi connectivity index (χ4v) is 3.69. The van der Waals surface area contributed by atoms with Gasteiger partial charge in [0.05, 0.1) is 0 Å². The molecule has 110 valence electrons. The van der Waals surface area contributed by atoms with E-state index in [1.807, 2.05) is 0 Å². The third kappa shape index (κ3) is 2.42. The number of nitrogens with one attached hydrogen (secondary N) is 1. The van der Waals surface area contributed by atoms with E-state index in [0.717, 1.165) is 13.1 Å². The van der Waals surface area contributed by atoms with Gasteiger partial charge in [-0.05, 0) is 59.3 Å². The van der Waals surface area contributed by atoms with Crippen molar-refractivity contribution >= 4 is 10.8 Å². The maximum absolute atomic E-state index is 3.47. The molecule has 1 heterocycles. The highest BCUT2D eigenvalue weighted by atomic mass is 14.9. The molecule has 1 saturated heterocycles. The molecule has 4 rings (SSSR count). The second-order valence-electron chi connectivity index (χ2n) is 6.14. The molecule has 1 heteroatoms. The summed E-state index contributed by atoms with van der Waals surface area (Å²) in [6.07, 6.45) is 2.48. The summed E-state index contributed by atoms with van der Waals surface area (Å²) in [7, 11) is 0. The van der Waals surface area contributed by atoms with Crippen molar-refractivity contribution in [1.82, 2.24) is 5.32 Å². The molecule has 0 atom stereocenters. The Morgan fingerprint density at radius 1 is 0.682 bits per heavy atom. The Bertz CT molecular complexity index is 779. The summed E-state index contributed by atoms with van der Waals surface area (Å²) in [5.74, 6) is 0.677. The predicted molar refractivity (Wildman–Crippen MR) is 94.2 cm³/mol. The molecular weight excluding hydrogens is 266 g/mol. The molecule has 0 aliphatic carbocycles. The fourth-order valence-electron chi connectivity index (χ4n) is 3.69. The van der Waals surface area contributed by atoms with Crippen LogP contribution in [0.1, 0.15) is 24.3 Å². The lowest BCUT2D eigenvalue weighted by atomic mass is 9.84. The first-order chi connectivity index (χ1) is 10.9. The van der Waals surface area contributed by atoms with E-state index in [4.69, 9.17) is 0 Å². The average molecular weight is 287 g/mol. The lowest BCUT2D eigenvalue weighted by molar-refractivity contribution is 0.461. The molecule has 0 saturated carbocycles. The minimum Gasteiger partial charge on any atom is -0.317 e. The second kappa shape index (κ2) is 5.94. The molecule has 1 nitrogen and oxygen atoms in total. The van der Waals surface area contributed by atoms with Crippen LogP contribution in [-0.2, 0) is 0 Å². The molecule has 0 spiro atoms. The summed E-state index contributed by atoms with van der Waals surface area (Å²) in [6, 6.07) is 24.3. The standard InChI is InChI=1S/C21H21N/c1-2-8-18-16(6-1)7-5-11-21(18)20-10-4-3-9-19(20)17-12-14-22-15-13-17/h1-11,17,22H,12-15H2. The quantitative estimate of drug-likeness (QED) is 0.701. The Morgan fingerprint density at radius 2 is 1.36 bits per heavy atom. The van der Waals surface area contributed by atoms with Crippen molar-refractivity contribution in [1.29, 1.82) is 0 Å². The molecule has 1 N–H and O–H groups in total. The van der Waals surface area contributed by atoms with Crippen LogP contribution >= 0.6 is 0 Å². The van der Waals surface area contributed by atoms with Crippen LogP contribution in [0.15, 0.2) is 66.7 Å². The summed E-state index contributed by atoms with van der Waals surface area (Å²) in [4.78, 5) is 0. The number of rotatable bonds is 2. The highest BCUT2D eigenvalue weighted by Crippen LogP contribution is 2.36. The van der Waals surface area contributed by atoms with Crippen molar-refractivity contribution in [3.63, 3.8) is 0 Å². The van der Waals surface area contributed by atoms with Gasteiger partial charge in [0.1, 0.15) is 0 Å². The van der Waals surface area contributed by atoms with E-state index in [0.29, 0.717) is 5.92 Å². The Labute approximate surface area is 132 Å². The number of hydrogen-bond acceptors (Lipinski definition) is 1. The first-order valence-electron chi connectivity index (χ1n) is 8.21. The van der Waals surface area contributed by atoms with Gasteiger partial charge >= 0.3 is 0 Å². The van der Waals surface area contributed by atoms with Crippen LogP contribution in [0, 0.1) is 0 Å². The number of piperidine rings is 1. The van der Waals surface area contributed by atoms with Crippen molar-refractivity contribution in [2.75, 3.05) is 13.1 Å². The fraction of sp³-hybridized carbons (Fsp3) is 0.238. The van der Waals surface area contributed by atoms with Crippen LogP contribution in [0.3, 0.4) is 0 Å². The molecule has 3 aromatic carbocycles. The van der Waals surface area contributed by atoms with Crippen LogP contribution < -0.4 is 5.32 Å². The maximum atomic E-state index is 3.47. The van der Waals surface area contributed by atoms with Crippen LogP contribution in [0.5, 0.6) is 0 Å². The van der Waals surface area contributed by atoms with Gasteiger partial charge < -0.3 is 5.32 Å². The summed E-state index contributed by atoms with van der Waals surface area (Å²) in [5, 5.41) is 6.15. The third-order valence-electron chi connectivity index (χ3n) is 4.82. The molecule has 0 radical (unpaired) electrons. The molecule has 1 aliphatic heterocycles. The van der Waals surface area contributed by atoms with E-state index in [1.54, 1.807) is 0 Å². The average Bonchev–Trinajstić information content (AvgIpc) is 2.62. The smallest absolute Gasteiger partial charge is 0.00431 e. The minimum absolute atomic E-state index is 0.677. The zero-order valence-electron chi connectivity index (χ0n) is 12.8. The maximum Gasteiger partial charge on any atom is -0.00431 e. The van der Waals surface area contributed by atoms with Crippen LogP contribution in [0.4, 0.5) is 0 Å². The number of fused-ring (bicyclic) bond motifs is 1. The van der Waals surface area contributed by atoms with Crippen molar-refractivity contribution in [2.24, 2.45) is 0 Å². The molecule has 1 aliphatic rings. The SMILES string of the molecule is c1ccc(C2CCNCC2)c(-c2cccc3ccccc23)c1. The Kier molecular flexibility index (Phi) is 3.65. The van der Waals surface area contributed by atoms with E-state index in [9.17, 15) is 0 Å². The van der Waals surface area contributed by atoms with E-state index < -0.39 is 0 Å². The second-order valence-corrected chi connectivity index (χ2v) is 6.14. The van der Waals surface area contributed by atoms with Gasteiger partial charge in [-0.3, -0.25) is 0 Å². The van der Waals surface area contributed by atoms with Crippen molar-refractivity contribution in [2.45, 2.75) is 18.8 Å². The summed E-state index contributed by atoms with van der Waals surface area (Å²) < 4.78 is 0. The van der Waals surface area contributed by atoms with E-state index in [-0.39, 0.29) is 0 Å². The summed E-state index contributed by atoms with van der Waals surface area (Å²) in [5.41, 5.74) is 4.29. The van der Waals surface area contributed by atoms with Gasteiger partial charge in [0.15, 0.2) is 0 Å². The molecular formula is C21H21N.